The molecule has 0 heterocycles. The van der Waals surface area contributed by atoms with Crippen molar-refractivity contribution in [1.29, 1.82) is 0 Å². The molecule has 1 amide bonds. The Kier molecular flexibility index (Phi) is 13.1. The summed E-state index contributed by atoms with van der Waals surface area (Å²) >= 11 is 0. The Morgan fingerprint density at radius 1 is 1.03 bits per heavy atom. The van der Waals surface area contributed by atoms with Crippen LogP contribution in [0.15, 0.2) is 59.6 Å². The van der Waals surface area contributed by atoms with Crippen molar-refractivity contribution in [2.75, 3.05) is 39.5 Å². The largest absolute Gasteiger partial charge is 0.357 e. The van der Waals surface area contributed by atoms with Crippen molar-refractivity contribution in [3.05, 3.63) is 71.3 Å². The van der Waals surface area contributed by atoms with Crippen LogP contribution in [-0.2, 0) is 23.0 Å². The molecule has 0 saturated carbocycles. The molecule has 170 valence electrons. The lowest BCUT2D eigenvalue weighted by Gasteiger charge is -2.13. The molecule has 1 atom stereocenters. The molecule has 0 spiro atoms. The van der Waals surface area contributed by atoms with Crippen LogP contribution in [0.3, 0.4) is 0 Å². The highest BCUT2D eigenvalue weighted by atomic mass is 127. The van der Waals surface area contributed by atoms with E-state index in [1.807, 2.05) is 61.5 Å². The third-order valence-electron chi connectivity index (χ3n) is 4.39. The number of carbonyl (C=O) groups is 1. The lowest BCUT2D eigenvalue weighted by molar-refractivity contribution is 0.0827. The smallest absolute Gasteiger partial charge is 0.253 e. The zero-order valence-corrected chi connectivity index (χ0v) is 21.6. The summed E-state index contributed by atoms with van der Waals surface area (Å²) in [6, 6.07) is 17.6. The molecular weight excluding hydrogens is 523 g/mol. The van der Waals surface area contributed by atoms with Crippen molar-refractivity contribution in [1.82, 2.24) is 15.5 Å². The number of nitrogens with one attached hydrogen (secondary N) is 2. The molecule has 0 saturated heterocycles. The Morgan fingerprint density at radius 2 is 1.74 bits per heavy atom. The van der Waals surface area contributed by atoms with Crippen LogP contribution in [0.25, 0.3) is 0 Å². The van der Waals surface area contributed by atoms with E-state index in [0.717, 1.165) is 30.1 Å². The molecule has 2 N–H and O–H groups in total. The van der Waals surface area contributed by atoms with Gasteiger partial charge in [-0.3, -0.25) is 14.0 Å². The van der Waals surface area contributed by atoms with Crippen molar-refractivity contribution in [2.24, 2.45) is 4.99 Å². The first-order valence-electron chi connectivity index (χ1n) is 10.2. The van der Waals surface area contributed by atoms with E-state index in [0.29, 0.717) is 30.2 Å². The number of nitrogens with zero attached hydrogens (tertiary/aromatic N) is 2. The third-order valence-corrected chi connectivity index (χ3v) is 5.68. The summed E-state index contributed by atoms with van der Waals surface area (Å²) in [7, 11) is 2.57. The number of guanidine groups is 1. The third kappa shape index (κ3) is 10.3. The lowest BCUT2D eigenvalue weighted by atomic mass is 10.1. The second kappa shape index (κ2) is 15.0. The van der Waals surface area contributed by atoms with Crippen molar-refractivity contribution >= 4 is 46.6 Å². The standard InChI is InChI=1S/C23H32N4O2S.HI/c1-4-24-23(26-15-16-30(29)18-20-9-6-5-7-10-20)25-14-13-19-11-8-12-21(17-19)22(28)27(2)3;/h5-12,17H,4,13-16,18H2,1-3H3,(H2,24,25,26);1H. The second-order valence-corrected chi connectivity index (χ2v) is 8.69. The van der Waals surface area contributed by atoms with Gasteiger partial charge >= 0.3 is 0 Å². The molecule has 0 aliphatic rings. The van der Waals surface area contributed by atoms with Gasteiger partial charge in [-0.2, -0.15) is 0 Å². The zero-order chi connectivity index (χ0) is 21.8. The Hall–Kier alpha value is -1.94. The van der Waals surface area contributed by atoms with E-state index in [1.54, 1.807) is 19.0 Å². The molecule has 2 aromatic rings. The van der Waals surface area contributed by atoms with E-state index in [9.17, 15) is 9.00 Å². The van der Waals surface area contributed by atoms with E-state index >= 15 is 0 Å². The predicted molar refractivity (Wildman–Crippen MR) is 141 cm³/mol. The van der Waals surface area contributed by atoms with E-state index in [1.165, 1.54) is 0 Å². The number of halogens is 1. The topological polar surface area (TPSA) is 73.8 Å². The average Bonchev–Trinajstić information content (AvgIpc) is 2.74. The Labute approximate surface area is 205 Å². The Balaban J connectivity index is 0.00000480. The highest BCUT2D eigenvalue weighted by Crippen LogP contribution is 2.08. The number of rotatable bonds is 10. The summed E-state index contributed by atoms with van der Waals surface area (Å²) in [5, 5.41) is 6.52. The maximum absolute atomic E-state index is 12.3. The molecule has 0 aliphatic heterocycles. The van der Waals surface area contributed by atoms with Gasteiger partial charge in [0.25, 0.3) is 5.91 Å². The molecule has 0 aliphatic carbocycles. The summed E-state index contributed by atoms with van der Waals surface area (Å²) in [5.74, 6) is 1.81. The van der Waals surface area contributed by atoms with Crippen molar-refractivity contribution in [3.8, 4) is 0 Å². The summed E-state index contributed by atoms with van der Waals surface area (Å²) in [5.41, 5.74) is 2.87. The minimum absolute atomic E-state index is 0. The minimum Gasteiger partial charge on any atom is -0.357 e. The van der Waals surface area contributed by atoms with Gasteiger partial charge < -0.3 is 15.5 Å². The van der Waals surface area contributed by atoms with Gasteiger partial charge in [0, 0.05) is 55.1 Å². The average molecular weight is 557 g/mol. The zero-order valence-electron chi connectivity index (χ0n) is 18.5. The molecule has 31 heavy (non-hydrogen) atoms. The van der Waals surface area contributed by atoms with Gasteiger partial charge in [-0.05, 0) is 36.6 Å². The number of hydrogen-bond donors (Lipinski definition) is 2. The molecule has 1 unspecified atom stereocenters. The highest BCUT2D eigenvalue weighted by molar-refractivity contribution is 14.0. The SMILES string of the molecule is CCNC(=NCCS(=O)Cc1ccccc1)NCCc1cccc(C(=O)N(C)C)c1.I. The van der Waals surface area contributed by atoms with Crippen LogP contribution in [0.5, 0.6) is 0 Å². The van der Waals surface area contributed by atoms with E-state index in [-0.39, 0.29) is 29.9 Å². The molecule has 0 radical (unpaired) electrons. The van der Waals surface area contributed by atoms with Crippen LogP contribution in [0.4, 0.5) is 0 Å². The van der Waals surface area contributed by atoms with Crippen molar-refractivity contribution in [2.45, 2.75) is 19.1 Å². The van der Waals surface area contributed by atoms with E-state index in [4.69, 9.17) is 0 Å². The number of carbonyl (C=O) groups excluding carboxylic acids is 1. The monoisotopic (exact) mass is 556 g/mol. The fourth-order valence-corrected chi connectivity index (χ4v) is 3.88. The number of hydrogen-bond acceptors (Lipinski definition) is 3. The summed E-state index contributed by atoms with van der Waals surface area (Å²) in [6.45, 7) is 3.97. The number of aliphatic imine (C=N–C) groups is 1. The molecule has 8 heteroatoms. The van der Waals surface area contributed by atoms with Gasteiger partial charge in [0.1, 0.15) is 0 Å². The van der Waals surface area contributed by atoms with Gasteiger partial charge in [0.2, 0.25) is 0 Å². The molecule has 2 aromatic carbocycles. The van der Waals surface area contributed by atoms with Crippen LogP contribution >= 0.6 is 24.0 Å². The minimum atomic E-state index is -0.936. The van der Waals surface area contributed by atoms with Crippen LogP contribution in [0, 0.1) is 0 Å². The first-order chi connectivity index (χ1) is 14.5. The maximum atomic E-state index is 12.3. The quantitative estimate of drug-likeness (QED) is 0.268. The van der Waals surface area contributed by atoms with Gasteiger partial charge in [-0.15, -0.1) is 24.0 Å². The van der Waals surface area contributed by atoms with Crippen LogP contribution < -0.4 is 10.6 Å². The normalized spacial score (nSPS) is 11.9. The first kappa shape index (κ1) is 27.1. The fourth-order valence-electron chi connectivity index (χ4n) is 2.88. The van der Waals surface area contributed by atoms with Crippen LogP contribution in [-0.4, -0.2) is 60.5 Å². The Morgan fingerprint density at radius 3 is 2.42 bits per heavy atom. The maximum Gasteiger partial charge on any atom is 0.253 e. The molecule has 0 bridgehead atoms. The van der Waals surface area contributed by atoms with E-state index in [2.05, 4.69) is 15.6 Å². The fraction of sp³-hybridized carbons (Fsp3) is 0.391. The van der Waals surface area contributed by atoms with Gasteiger partial charge in [0.05, 0.1) is 6.54 Å². The molecule has 0 aromatic heterocycles. The highest BCUT2D eigenvalue weighted by Gasteiger charge is 2.08. The predicted octanol–water partition coefficient (Wildman–Crippen LogP) is 3.05. The number of amides is 1. The molecule has 2 rings (SSSR count). The van der Waals surface area contributed by atoms with Gasteiger partial charge in [-0.1, -0.05) is 42.5 Å². The molecule has 6 nitrogen and oxygen atoms in total. The summed E-state index contributed by atoms with van der Waals surface area (Å²) < 4.78 is 12.3. The van der Waals surface area contributed by atoms with Gasteiger partial charge in [0.15, 0.2) is 5.96 Å². The van der Waals surface area contributed by atoms with Crippen LogP contribution in [0.2, 0.25) is 0 Å². The summed E-state index contributed by atoms with van der Waals surface area (Å²) in [6.07, 6.45) is 0.777. The summed E-state index contributed by atoms with van der Waals surface area (Å²) in [4.78, 5) is 18.2. The Bertz CT molecular complexity index is 860. The van der Waals surface area contributed by atoms with Crippen molar-refractivity contribution in [3.63, 3.8) is 0 Å². The second-order valence-electron chi connectivity index (χ2n) is 7.11. The van der Waals surface area contributed by atoms with Crippen molar-refractivity contribution < 1.29 is 9.00 Å². The first-order valence-corrected chi connectivity index (χ1v) is 11.7. The lowest BCUT2D eigenvalue weighted by Crippen LogP contribution is -2.38. The van der Waals surface area contributed by atoms with Crippen LogP contribution in [0.1, 0.15) is 28.4 Å². The van der Waals surface area contributed by atoms with E-state index < -0.39 is 10.8 Å². The number of benzene rings is 2. The molecule has 0 fully saturated rings. The molecular formula is C23H33IN4O2S. The van der Waals surface area contributed by atoms with Gasteiger partial charge in [-0.25, -0.2) is 0 Å².